The van der Waals surface area contributed by atoms with Crippen molar-refractivity contribution < 1.29 is 8.42 Å². The predicted molar refractivity (Wildman–Crippen MR) is 108 cm³/mol. The quantitative estimate of drug-likeness (QED) is 0.602. The molecule has 0 unspecified atom stereocenters. The fourth-order valence-corrected chi connectivity index (χ4v) is 3.93. The summed E-state index contributed by atoms with van der Waals surface area (Å²) in [5.41, 5.74) is 1.00. The molecule has 1 fully saturated rings. The molecule has 0 aromatic heterocycles. The van der Waals surface area contributed by atoms with Gasteiger partial charge in [0.25, 0.3) is 10.2 Å². The maximum atomic E-state index is 12.4. The van der Waals surface area contributed by atoms with Crippen LogP contribution in [0, 0.1) is 0 Å². The lowest BCUT2D eigenvalue weighted by molar-refractivity contribution is 0.239. The predicted octanol–water partition coefficient (Wildman–Crippen LogP) is 1.48. The van der Waals surface area contributed by atoms with Crippen LogP contribution in [0.5, 0.6) is 0 Å². The Bertz CT molecular complexity index is 555. The maximum Gasteiger partial charge on any atom is 0.279 e. The molecule has 1 heterocycles. The van der Waals surface area contributed by atoms with E-state index in [0.717, 1.165) is 44.7 Å². The molecule has 25 heavy (non-hydrogen) atoms. The van der Waals surface area contributed by atoms with Crippen LogP contribution in [0.15, 0.2) is 30.3 Å². The molecule has 1 aromatic carbocycles. The van der Waals surface area contributed by atoms with Gasteiger partial charge >= 0.3 is 0 Å². The highest BCUT2D eigenvalue weighted by molar-refractivity contribution is 7.87. The second-order valence-corrected chi connectivity index (χ2v) is 7.51. The van der Waals surface area contributed by atoms with Crippen LogP contribution in [0.3, 0.4) is 0 Å². The van der Waals surface area contributed by atoms with E-state index >= 15 is 0 Å². The van der Waals surface area contributed by atoms with Gasteiger partial charge in [-0.15, -0.1) is 24.8 Å². The summed E-state index contributed by atoms with van der Waals surface area (Å²) >= 11 is 0. The standard InChI is InChI=1S/C16H28N4O2S.2ClH/c1-2-20(15-16-7-4-3-5-8-16)23(21,22)18-9-6-12-19-13-10-17-11-14-19;;/h3-5,7-8,17-18H,2,6,9-15H2,1H3;2*1H. The van der Waals surface area contributed by atoms with Crippen LogP contribution >= 0.6 is 24.8 Å². The summed E-state index contributed by atoms with van der Waals surface area (Å²) in [5, 5.41) is 3.32. The Hall–Kier alpha value is -0.410. The van der Waals surface area contributed by atoms with Crippen molar-refractivity contribution in [1.82, 2.24) is 19.2 Å². The van der Waals surface area contributed by atoms with Crippen molar-refractivity contribution >= 4 is 35.0 Å². The highest BCUT2D eigenvalue weighted by Gasteiger charge is 2.20. The third-order valence-corrected chi connectivity index (χ3v) is 5.68. The summed E-state index contributed by atoms with van der Waals surface area (Å²) in [7, 11) is -3.42. The van der Waals surface area contributed by atoms with E-state index in [2.05, 4.69) is 14.9 Å². The van der Waals surface area contributed by atoms with E-state index in [1.165, 1.54) is 4.31 Å². The van der Waals surface area contributed by atoms with Crippen LogP contribution in [0.4, 0.5) is 0 Å². The molecular weight excluding hydrogens is 383 g/mol. The van der Waals surface area contributed by atoms with Crippen LogP contribution < -0.4 is 10.0 Å². The molecule has 0 aliphatic carbocycles. The van der Waals surface area contributed by atoms with Gasteiger partial charge in [-0.3, -0.25) is 0 Å². The number of rotatable bonds is 9. The normalized spacial score (nSPS) is 15.4. The summed E-state index contributed by atoms with van der Waals surface area (Å²) in [4.78, 5) is 2.37. The number of benzene rings is 1. The van der Waals surface area contributed by atoms with Gasteiger partial charge in [0.2, 0.25) is 0 Å². The molecule has 0 saturated carbocycles. The van der Waals surface area contributed by atoms with Gasteiger partial charge < -0.3 is 10.2 Å². The third kappa shape index (κ3) is 8.68. The van der Waals surface area contributed by atoms with Gasteiger partial charge in [0.15, 0.2) is 0 Å². The minimum atomic E-state index is -3.42. The molecule has 1 aromatic rings. The lowest BCUT2D eigenvalue weighted by atomic mass is 10.2. The molecule has 0 amide bonds. The van der Waals surface area contributed by atoms with Crippen molar-refractivity contribution in [1.29, 1.82) is 0 Å². The average Bonchev–Trinajstić information content (AvgIpc) is 2.58. The Morgan fingerprint density at radius 1 is 1.16 bits per heavy atom. The molecule has 6 nitrogen and oxygen atoms in total. The summed E-state index contributed by atoms with van der Waals surface area (Å²) in [6.45, 7) is 8.28. The molecule has 1 saturated heterocycles. The molecule has 2 rings (SSSR count). The maximum absolute atomic E-state index is 12.4. The topological polar surface area (TPSA) is 64.7 Å². The minimum absolute atomic E-state index is 0. The second-order valence-electron chi connectivity index (χ2n) is 5.76. The summed E-state index contributed by atoms with van der Waals surface area (Å²) in [5.74, 6) is 0. The molecule has 0 radical (unpaired) electrons. The second kappa shape index (κ2) is 12.9. The largest absolute Gasteiger partial charge is 0.314 e. The molecule has 0 atom stereocenters. The van der Waals surface area contributed by atoms with Gasteiger partial charge in [-0.05, 0) is 18.5 Å². The fourth-order valence-electron chi connectivity index (χ4n) is 2.68. The van der Waals surface area contributed by atoms with Crippen LogP contribution in [0.1, 0.15) is 18.9 Å². The smallest absolute Gasteiger partial charge is 0.279 e. The van der Waals surface area contributed by atoms with Crippen molar-refractivity contribution in [3.05, 3.63) is 35.9 Å². The number of hydrogen-bond donors (Lipinski definition) is 2. The average molecular weight is 413 g/mol. The highest BCUT2D eigenvalue weighted by atomic mass is 35.5. The first-order chi connectivity index (χ1) is 11.1. The lowest BCUT2D eigenvalue weighted by Gasteiger charge is -2.27. The van der Waals surface area contributed by atoms with Crippen LogP contribution in [0.2, 0.25) is 0 Å². The molecule has 2 N–H and O–H groups in total. The fraction of sp³-hybridized carbons (Fsp3) is 0.625. The van der Waals surface area contributed by atoms with Gasteiger partial charge in [0.1, 0.15) is 0 Å². The molecule has 0 spiro atoms. The van der Waals surface area contributed by atoms with Crippen molar-refractivity contribution in [2.24, 2.45) is 0 Å². The summed E-state index contributed by atoms with van der Waals surface area (Å²) in [6, 6.07) is 9.68. The number of halogens is 2. The zero-order chi connectivity index (χ0) is 16.5. The Labute approximate surface area is 164 Å². The zero-order valence-corrected chi connectivity index (χ0v) is 17.1. The van der Waals surface area contributed by atoms with Gasteiger partial charge in [-0.2, -0.15) is 12.7 Å². The van der Waals surface area contributed by atoms with Crippen LogP contribution in [-0.4, -0.2) is 63.4 Å². The van der Waals surface area contributed by atoms with E-state index < -0.39 is 10.2 Å². The first kappa shape index (κ1) is 24.6. The third-order valence-electron chi connectivity index (χ3n) is 4.04. The van der Waals surface area contributed by atoms with Gasteiger partial charge in [0.05, 0.1) is 0 Å². The molecule has 1 aliphatic heterocycles. The number of piperazine rings is 1. The SMILES string of the molecule is CCN(Cc1ccccc1)S(=O)(=O)NCCCN1CCNCC1.Cl.Cl. The van der Waals surface area contributed by atoms with Crippen LogP contribution in [-0.2, 0) is 16.8 Å². The molecule has 9 heteroatoms. The first-order valence-corrected chi connectivity index (χ1v) is 9.77. The van der Waals surface area contributed by atoms with E-state index in [9.17, 15) is 8.42 Å². The summed E-state index contributed by atoms with van der Waals surface area (Å²) in [6.07, 6.45) is 0.835. The Kier molecular flexibility index (Phi) is 12.7. The van der Waals surface area contributed by atoms with E-state index in [4.69, 9.17) is 0 Å². The monoisotopic (exact) mass is 412 g/mol. The Morgan fingerprint density at radius 3 is 2.40 bits per heavy atom. The Balaban J connectivity index is 0.00000288. The van der Waals surface area contributed by atoms with Gasteiger partial charge in [0, 0.05) is 45.8 Å². The van der Waals surface area contributed by atoms with E-state index in [0.29, 0.717) is 19.6 Å². The van der Waals surface area contributed by atoms with Gasteiger partial charge in [-0.25, -0.2) is 4.72 Å². The highest BCUT2D eigenvalue weighted by Crippen LogP contribution is 2.07. The van der Waals surface area contributed by atoms with Crippen molar-refractivity contribution in [2.75, 3.05) is 45.8 Å². The molecule has 1 aliphatic rings. The minimum Gasteiger partial charge on any atom is -0.314 e. The van der Waals surface area contributed by atoms with E-state index in [1.54, 1.807) is 0 Å². The molecule has 146 valence electrons. The van der Waals surface area contributed by atoms with Gasteiger partial charge in [-0.1, -0.05) is 37.3 Å². The summed E-state index contributed by atoms with van der Waals surface area (Å²) < 4.78 is 29.0. The van der Waals surface area contributed by atoms with Crippen molar-refractivity contribution in [3.63, 3.8) is 0 Å². The molecule has 0 bridgehead atoms. The van der Waals surface area contributed by atoms with E-state index in [1.807, 2.05) is 37.3 Å². The van der Waals surface area contributed by atoms with Crippen molar-refractivity contribution in [2.45, 2.75) is 19.9 Å². The van der Waals surface area contributed by atoms with E-state index in [-0.39, 0.29) is 24.8 Å². The lowest BCUT2D eigenvalue weighted by Crippen LogP contribution is -2.45. The Morgan fingerprint density at radius 2 is 1.80 bits per heavy atom. The zero-order valence-electron chi connectivity index (χ0n) is 14.7. The number of nitrogens with zero attached hydrogens (tertiary/aromatic N) is 2. The first-order valence-electron chi connectivity index (χ1n) is 8.33. The number of nitrogens with one attached hydrogen (secondary N) is 2. The van der Waals surface area contributed by atoms with Crippen molar-refractivity contribution in [3.8, 4) is 0 Å². The molecular formula is C16H30Cl2N4O2S. The number of hydrogen-bond acceptors (Lipinski definition) is 4. The van der Waals surface area contributed by atoms with Crippen LogP contribution in [0.25, 0.3) is 0 Å².